The SMILES string of the molecule is CNCCCC(=O)Nc1nc(-c2ccc(C)cc2C)cs1.Cl. The van der Waals surface area contributed by atoms with E-state index in [4.69, 9.17) is 0 Å². The summed E-state index contributed by atoms with van der Waals surface area (Å²) in [5, 5.41) is 8.55. The zero-order valence-electron chi connectivity index (χ0n) is 13.1. The van der Waals surface area contributed by atoms with E-state index >= 15 is 0 Å². The van der Waals surface area contributed by atoms with Crippen molar-refractivity contribution in [3.8, 4) is 11.3 Å². The van der Waals surface area contributed by atoms with E-state index < -0.39 is 0 Å². The number of carbonyl (C=O) groups excluding carboxylic acids is 1. The Morgan fingerprint density at radius 1 is 1.32 bits per heavy atom. The van der Waals surface area contributed by atoms with Crippen LogP contribution in [0.3, 0.4) is 0 Å². The van der Waals surface area contributed by atoms with E-state index in [0.29, 0.717) is 11.6 Å². The van der Waals surface area contributed by atoms with Crippen LogP contribution in [-0.2, 0) is 4.79 Å². The molecule has 0 bridgehead atoms. The molecule has 1 heterocycles. The van der Waals surface area contributed by atoms with Gasteiger partial charge in [-0.3, -0.25) is 4.79 Å². The van der Waals surface area contributed by atoms with Crippen molar-refractivity contribution >= 4 is 34.8 Å². The number of hydrogen-bond acceptors (Lipinski definition) is 4. The Morgan fingerprint density at radius 2 is 2.09 bits per heavy atom. The zero-order chi connectivity index (χ0) is 15.2. The zero-order valence-corrected chi connectivity index (χ0v) is 14.7. The largest absolute Gasteiger partial charge is 0.320 e. The van der Waals surface area contributed by atoms with Gasteiger partial charge >= 0.3 is 0 Å². The van der Waals surface area contributed by atoms with Crippen LogP contribution in [0.1, 0.15) is 24.0 Å². The topological polar surface area (TPSA) is 54.0 Å². The standard InChI is InChI=1S/C16H21N3OS.ClH/c1-11-6-7-13(12(2)9-11)14-10-21-16(18-14)19-15(20)5-4-8-17-3;/h6-7,9-10,17H,4-5,8H2,1-3H3,(H,18,19,20);1H. The molecule has 2 rings (SSSR count). The number of halogens is 1. The first kappa shape index (κ1) is 18.6. The molecule has 0 aliphatic carbocycles. The van der Waals surface area contributed by atoms with Gasteiger partial charge in [-0.05, 0) is 39.4 Å². The molecule has 0 aliphatic rings. The Labute approximate surface area is 141 Å². The summed E-state index contributed by atoms with van der Waals surface area (Å²) in [5.41, 5.74) is 4.48. The summed E-state index contributed by atoms with van der Waals surface area (Å²) < 4.78 is 0. The van der Waals surface area contributed by atoms with Crippen molar-refractivity contribution in [1.29, 1.82) is 0 Å². The molecule has 1 aromatic heterocycles. The van der Waals surface area contributed by atoms with E-state index in [1.54, 1.807) is 0 Å². The number of nitrogens with zero attached hydrogens (tertiary/aromatic N) is 1. The third-order valence-corrected chi connectivity index (χ3v) is 4.00. The molecule has 2 aromatic rings. The van der Waals surface area contributed by atoms with Gasteiger partial charge in [0.1, 0.15) is 0 Å². The van der Waals surface area contributed by atoms with Crippen LogP contribution >= 0.6 is 23.7 Å². The first-order valence-electron chi connectivity index (χ1n) is 7.07. The summed E-state index contributed by atoms with van der Waals surface area (Å²) >= 11 is 1.47. The maximum absolute atomic E-state index is 11.8. The van der Waals surface area contributed by atoms with Crippen LogP contribution < -0.4 is 10.6 Å². The van der Waals surface area contributed by atoms with Crippen molar-refractivity contribution < 1.29 is 4.79 Å². The molecular formula is C16H22ClN3OS. The van der Waals surface area contributed by atoms with Gasteiger partial charge in [-0.1, -0.05) is 23.8 Å². The van der Waals surface area contributed by atoms with E-state index in [9.17, 15) is 4.79 Å². The lowest BCUT2D eigenvalue weighted by Gasteiger charge is -2.04. The predicted molar refractivity (Wildman–Crippen MR) is 96.1 cm³/mol. The number of benzene rings is 1. The third-order valence-electron chi connectivity index (χ3n) is 3.24. The molecule has 0 atom stereocenters. The van der Waals surface area contributed by atoms with Crippen LogP contribution in [0.2, 0.25) is 0 Å². The lowest BCUT2D eigenvalue weighted by molar-refractivity contribution is -0.116. The van der Waals surface area contributed by atoms with Gasteiger partial charge in [0.2, 0.25) is 5.91 Å². The molecule has 120 valence electrons. The van der Waals surface area contributed by atoms with E-state index in [1.165, 1.54) is 22.5 Å². The molecule has 0 saturated heterocycles. The fourth-order valence-corrected chi connectivity index (χ4v) is 2.89. The quantitative estimate of drug-likeness (QED) is 0.787. The van der Waals surface area contributed by atoms with Crippen molar-refractivity contribution in [2.24, 2.45) is 0 Å². The second-order valence-electron chi connectivity index (χ2n) is 5.11. The van der Waals surface area contributed by atoms with Gasteiger partial charge in [0.05, 0.1) is 5.69 Å². The van der Waals surface area contributed by atoms with Crippen molar-refractivity contribution in [2.45, 2.75) is 26.7 Å². The van der Waals surface area contributed by atoms with Crippen LogP contribution in [0.5, 0.6) is 0 Å². The summed E-state index contributed by atoms with van der Waals surface area (Å²) in [7, 11) is 1.88. The Kier molecular flexibility index (Phi) is 7.51. The molecule has 22 heavy (non-hydrogen) atoms. The molecule has 0 aliphatic heterocycles. The first-order valence-corrected chi connectivity index (χ1v) is 7.95. The lowest BCUT2D eigenvalue weighted by Crippen LogP contribution is -2.15. The smallest absolute Gasteiger partial charge is 0.226 e. The number of anilines is 1. The van der Waals surface area contributed by atoms with E-state index in [1.807, 2.05) is 12.4 Å². The summed E-state index contributed by atoms with van der Waals surface area (Å²) in [6.07, 6.45) is 1.34. The van der Waals surface area contributed by atoms with Crippen molar-refractivity contribution in [3.05, 3.63) is 34.7 Å². The van der Waals surface area contributed by atoms with Crippen LogP contribution in [0, 0.1) is 13.8 Å². The van der Waals surface area contributed by atoms with E-state index in [-0.39, 0.29) is 18.3 Å². The van der Waals surface area contributed by atoms with Gasteiger partial charge in [-0.2, -0.15) is 0 Å². The number of aryl methyl sites for hydroxylation is 2. The van der Waals surface area contributed by atoms with Gasteiger partial charge in [-0.25, -0.2) is 4.98 Å². The van der Waals surface area contributed by atoms with Crippen molar-refractivity contribution in [3.63, 3.8) is 0 Å². The summed E-state index contributed by atoms with van der Waals surface area (Å²) in [5.74, 6) is 0.0202. The molecule has 0 spiro atoms. The number of hydrogen-bond donors (Lipinski definition) is 2. The maximum Gasteiger partial charge on any atom is 0.226 e. The monoisotopic (exact) mass is 339 g/mol. The highest BCUT2D eigenvalue weighted by atomic mass is 35.5. The normalized spacial score (nSPS) is 10.1. The summed E-state index contributed by atoms with van der Waals surface area (Å²) in [6.45, 7) is 5.01. The number of rotatable bonds is 6. The predicted octanol–water partition coefficient (Wildman–Crippen LogP) is 3.79. The Hall–Kier alpha value is -1.43. The molecular weight excluding hydrogens is 318 g/mol. The van der Waals surface area contributed by atoms with Crippen molar-refractivity contribution in [2.75, 3.05) is 18.9 Å². The molecule has 0 radical (unpaired) electrons. The minimum atomic E-state index is 0. The summed E-state index contributed by atoms with van der Waals surface area (Å²) in [4.78, 5) is 16.3. The van der Waals surface area contributed by atoms with Crippen LogP contribution in [0.15, 0.2) is 23.6 Å². The van der Waals surface area contributed by atoms with Gasteiger partial charge in [-0.15, -0.1) is 23.7 Å². The molecule has 0 saturated carbocycles. The maximum atomic E-state index is 11.8. The highest BCUT2D eigenvalue weighted by Crippen LogP contribution is 2.28. The van der Waals surface area contributed by atoms with Gasteiger partial charge < -0.3 is 10.6 Å². The van der Waals surface area contributed by atoms with Crippen LogP contribution in [0.4, 0.5) is 5.13 Å². The van der Waals surface area contributed by atoms with Gasteiger partial charge in [0.25, 0.3) is 0 Å². The van der Waals surface area contributed by atoms with E-state index in [0.717, 1.165) is 24.2 Å². The second kappa shape index (κ2) is 8.88. The number of amides is 1. The Bertz CT molecular complexity index is 628. The average Bonchev–Trinajstić information content (AvgIpc) is 2.87. The average molecular weight is 340 g/mol. The third kappa shape index (κ3) is 5.09. The molecule has 4 nitrogen and oxygen atoms in total. The molecule has 6 heteroatoms. The number of thiazole rings is 1. The molecule has 2 N–H and O–H groups in total. The summed E-state index contributed by atoms with van der Waals surface area (Å²) in [6, 6.07) is 6.31. The van der Waals surface area contributed by atoms with Crippen LogP contribution in [0.25, 0.3) is 11.3 Å². The van der Waals surface area contributed by atoms with E-state index in [2.05, 4.69) is 47.7 Å². The minimum absolute atomic E-state index is 0. The fraction of sp³-hybridized carbons (Fsp3) is 0.375. The highest BCUT2D eigenvalue weighted by Gasteiger charge is 2.09. The van der Waals surface area contributed by atoms with Crippen LogP contribution in [-0.4, -0.2) is 24.5 Å². The lowest BCUT2D eigenvalue weighted by atomic mass is 10.0. The second-order valence-corrected chi connectivity index (χ2v) is 5.97. The number of aromatic nitrogens is 1. The van der Waals surface area contributed by atoms with Gasteiger partial charge in [0, 0.05) is 17.4 Å². The first-order chi connectivity index (χ1) is 10.1. The van der Waals surface area contributed by atoms with Crippen molar-refractivity contribution in [1.82, 2.24) is 10.3 Å². The fourth-order valence-electron chi connectivity index (χ4n) is 2.16. The minimum Gasteiger partial charge on any atom is -0.320 e. The molecule has 0 unspecified atom stereocenters. The van der Waals surface area contributed by atoms with Gasteiger partial charge in [0.15, 0.2) is 5.13 Å². The highest BCUT2D eigenvalue weighted by molar-refractivity contribution is 7.14. The number of carbonyl (C=O) groups is 1. The molecule has 1 amide bonds. The molecule has 1 aromatic carbocycles. The molecule has 0 fully saturated rings. The Balaban J connectivity index is 0.00000242. The Morgan fingerprint density at radius 3 is 2.77 bits per heavy atom. The number of nitrogens with one attached hydrogen (secondary N) is 2.